The van der Waals surface area contributed by atoms with E-state index in [1.807, 2.05) is 58.9 Å². The van der Waals surface area contributed by atoms with Crippen molar-refractivity contribution in [2.75, 3.05) is 153 Å². The molecule has 21 heteroatoms. The summed E-state index contributed by atoms with van der Waals surface area (Å²) >= 11 is 4.92. The Hall–Kier alpha value is -2.82. The normalized spacial score (nSPS) is 11.8. The molecule has 3 fully saturated rings. The van der Waals surface area contributed by atoms with E-state index in [0.717, 1.165) is 63.8 Å². The average Bonchev–Trinajstić information content (AvgIpc) is 4.08. The molecule has 0 bridgehead atoms. The summed E-state index contributed by atoms with van der Waals surface area (Å²) in [5, 5.41) is 10.1. The van der Waals surface area contributed by atoms with Gasteiger partial charge in [-0.1, -0.05) is 75.2 Å². The van der Waals surface area contributed by atoms with Crippen molar-refractivity contribution < 1.29 is 67.0 Å². The maximum Gasteiger partial charge on any atom is 0.409 e. The summed E-state index contributed by atoms with van der Waals surface area (Å²) in [6, 6.07) is 0. The molecule has 2 heterocycles. The van der Waals surface area contributed by atoms with Crippen molar-refractivity contribution in [2.24, 2.45) is 28.2 Å². The Kier molecular flexibility index (Phi) is 124. The molecule has 472 valence electrons. The minimum Gasteiger partial charge on any atom is -0.481 e. The third-order valence-corrected chi connectivity index (χ3v) is 9.51. The highest BCUT2D eigenvalue weighted by Gasteiger charge is 2.16. The van der Waals surface area contributed by atoms with Gasteiger partial charge in [0, 0.05) is 102 Å². The number of aliphatic imine (C=N–C) groups is 1. The predicted octanol–water partition coefficient (Wildman–Crippen LogP) is 12.7. The largest absolute Gasteiger partial charge is 0.481 e. The number of carboxylic acids is 1. The predicted molar refractivity (Wildman–Crippen MR) is 337 cm³/mol. The summed E-state index contributed by atoms with van der Waals surface area (Å²) in [6.45, 7) is 40.9. The molecule has 2 aliphatic heterocycles. The minimum absolute atomic E-state index is 0.157. The van der Waals surface area contributed by atoms with Gasteiger partial charge in [-0.25, -0.2) is 9.59 Å². The van der Waals surface area contributed by atoms with Crippen LogP contribution in [-0.4, -0.2) is 210 Å². The summed E-state index contributed by atoms with van der Waals surface area (Å²) in [4.78, 5) is 66.8. The Bertz CT molecular complexity index is 1130. The standard InChI is InChI=1S/C7H16.C6H13NO.C6H12O.C4H7NO2.C4H9N.C4H8O2.C4H8.C3H7NO2.C3H6O2S.C3H8O.C3H6O.C3H8S.2C2H6O.C2H6S/c1-6(2)7(3,4)5;1-4-7(5-2)6(3)8;1-6-2-4-7-5-3-6;1-5-2-3-7-4(5)6;1-3-5-4-2;1-3-4(5)6-2;1-4-2-3-4;1-4-3(5)6-2;1-6-2-3(4)5;1-3-4-2;1-3(2)4;1-3-4-2;3*1-3-2/h6H,1-5H3;4-5H2,1-3H3;6H,2-5H2,1H3;2-3H2,1H3;3H,4H2,1-2H3;3H2,1-2H3;4H,2-3H2,1H3;1-2H3,(H,4,5);2H2,1H3,(H,4,5);3H2,1-2H3;1-2H3;3H2,1-2H3;3*1-2H3. The van der Waals surface area contributed by atoms with Crippen LogP contribution in [0.1, 0.15) is 150 Å². The number of alkyl carbamates (subject to hydrolysis) is 1. The molecule has 1 saturated carbocycles. The van der Waals surface area contributed by atoms with Gasteiger partial charge in [-0.05, 0) is 121 Å². The smallest absolute Gasteiger partial charge is 0.409 e. The maximum atomic E-state index is 10.5. The fraction of sp³-hybridized carbons (Fsp3) is 0.875. The number of cyclic esters (lactones) is 1. The lowest BCUT2D eigenvalue weighted by Gasteiger charge is -2.22. The van der Waals surface area contributed by atoms with Gasteiger partial charge in [0.2, 0.25) is 5.91 Å². The topological polar surface area (TPSA) is 218 Å². The Morgan fingerprint density at radius 3 is 1.19 bits per heavy atom. The molecule has 0 radical (unpaired) electrons. The second kappa shape index (κ2) is 92.6. The second-order valence-electron chi connectivity index (χ2n) is 17.3. The first kappa shape index (κ1) is 103. The number of carbonyl (C=O) groups excluding carboxylic acids is 5. The van der Waals surface area contributed by atoms with Gasteiger partial charge < -0.3 is 58.2 Å². The number of carboxylic acid groups (broad SMARTS) is 1. The number of hydrogen-bond donors (Lipinski definition) is 2. The number of aliphatic carboxylic acids is 1. The van der Waals surface area contributed by atoms with E-state index in [1.165, 1.54) is 78.3 Å². The van der Waals surface area contributed by atoms with Crippen molar-refractivity contribution in [3.05, 3.63) is 0 Å². The van der Waals surface area contributed by atoms with Crippen LogP contribution in [0.15, 0.2) is 4.99 Å². The third kappa shape index (κ3) is 167. The number of carbonyl (C=O) groups is 6. The first-order chi connectivity index (χ1) is 35.9. The number of nitrogens with one attached hydrogen (secondary N) is 1. The quantitative estimate of drug-likeness (QED) is 0.131. The summed E-state index contributed by atoms with van der Waals surface area (Å²) < 4.78 is 31.1. The molecular formula is C56H126N4O14S3. The highest BCUT2D eigenvalue weighted by atomic mass is 32.2. The van der Waals surface area contributed by atoms with E-state index < -0.39 is 12.1 Å². The molecule has 2 saturated heterocycles. The molecule has 0 aromatic carbocycles. The van der Waals surface area contributed by atoms with E-state index in [-0.39, 0.29) is 29.5 Å². The highest BCUT2D eigenvalue weighted by molar-refractivity contribution is 7.99. The Labute approximate surface area is 488 Å². The van der Waals surface area contributed by atoms with Crippen LogP contribution in [0.3, 0.4) is 0 Å². The van der Waals surface area contributed by atoms with Gasteiger partial charge in [0.25, 0.3) is 0 Å². The molecule has 1 aliphatic carbocycles. The van der Waals surface area contributed by atoms with E-state index in [2.05, 4.69) is 100 Å². The molecule has 0 aromatic heterocycles. The number of thioether (sulfide) groups is 3. The lowest BCUT2D eigenvalue weighted by molar-refractivity contribution is -0.140. The molecule has 18 nitrogen and oxygen atoms in total. The summed E-state index contributed by atoms with van der Waals surface area (Å²) in [5.41, 5.74) is 0.500. The molecule has 0 spiro atoms. The molecule has 3 rings (SSSR count). The van der Waals surface area contributed by atoms with Crippen LogP contribution in [0.4, 0.5) is 9.59 Å². The average molecular weight is 1180 g/mol. The van der Waals surface area contributed by atoms with Crippen LogP contribution in [0.25, 0.3) is 0 Å². The lowest BCUT2D eigenvalue weighted by atomic mass is 9.84. The molecule has 3 amide bonds. The van der Waals surface area contributed by atoms with Crippen LogP contribution in [0.5, 0.6) is 0 Å². The van der Waals surface area contributed by atoms with Gasteiger partial charge in [0.1, 0.15) is 12.4 Å². The molecule has 0 atom stereocenters. The lowest BCUT2D eigenvalue weighted by Crippen LogP contribution is -2.27. The highest BCUT2D eigenvalue weighted by Crippen LogP contribution is 2.26. The van der Waals surface area contributed by atoms with Gasteiger partial charge in [-0.2, -0.15) is 35.3 Å². The SMILES string of the molecule is CC(C)=O.CC(C)C(C)(C)C.CC1CC1.CC1CCOCC1.CC=NCC.CCC(=O)OC.CCN(CC)C(C)=O.CCOC.CCSC.CN1CCOC1=O.CNC(=O)OC.COC.COC.CSC.CSCC(=O)O. The van der Waals surface area contributed by atoms with E-state index in [9.17, 15) is 28.8 Å². The molecule has 77 heavy (non-hydrogen) atoms. The summed E-state index contributed by atoms with van der Waals surface area (Å²) in [6.07, 6.45) is 15.1. The zero-order chi connectivity index (χ0) is 63.6. The van der Waals surface area contributed by atoms with Gasteiger partial charge in [0.15, 0.2) is 0 Å². The molecule has 0 aromatic rings. The van der Waals surface area contributed by atoms with Gasteiger partial charge in [0.05, 0.1) is 26.5 Å². The maximum absolute atomic E-state index is 10.5. The van der Waals surface area contributed by atoms with Crippen molar-refractivity contribution in [1.29, 1.82) is 0 Å². The zero-order valence-corrected chi connectivity index (χ0v) is 57.7. The van der Waals surface area contributed by atoms with Crippen molar-refractivity contribution in [3.63, 3.8) is 0 Å². The zero-order valence-electron chi connectivity index (χ0n) is 55.2. The first-order valence-corrected chi connectivity index (χ1v) is 30.6. The van der Waals surface area contributed by atoms with Gasteiger partial charge >= 0.3 is 24.1 Å². The second-order valence-corrected chi connectivity index (χ2v) is 20.1. The van der Waals surface area contributed by atoms with Crippen LogP contribution < -0.4 is 5.32 Å². The molecule has 3 aliphatic rings. The van der Waals surface area contributed by atoms with Gasteiger partial charge in [-0.3, -0.25) is 19.4 Å². The van der Waals surface area contributed by atoms with E-state index in [4.69, 9.17) is 9.84 Å². The van der Waals surface area contributed by atoms with Crippen molar-refractivity contribution >= 4 is 77.3 Å². The van der Waals surface area contributed by atoms with E-state index in [0.29, 0.717) is 18.4 Å². The van der Waals surface area contributed by atoms with Crippen molar-refractivity contribution in [2.45, 2.75) is 150 Å². The summed E-state index contributed by atoms with van der Waals surface area (Å²) in [7, 11) is 14.1. The van der Waals surface area contributed by atoms with E-state index in [1.54, 1.807) is 90.5 Å². The van der Waals surface area contributed by atoms with Crippen LogP contribution in [-0.2, 0) is 52.3 Å². The number of Topliss-reactive ketones (excluding diaryl/α,β-unsaturated/α-hetero) is 1. The van der Waals surface area contributed by atoms with Gasteiger partial charge in [-0.15, -0.1) is 0 Å². The number of hydrogen-bond acceptors (Lipinski definition) is 17. The number of methoxy groups -OCH3 is 5. The Balaban J connectivity index is -0.0000000594. The fourth-order valence-electron chi connectivity index (χ4n) is 2.67. The molecule has 2 N–H and O–H groups in total. The number of nitrogens with zero attached hydrogens (tertiary/aromatic N) is 3. The number of rotatable bonds is 8. The minimum atomic E-state index is -0.748. The van der Waals surface area contributed by atoms with Crippen molar-refractivity contribution in [1.82, 2.24) is 15.1 Å². The Morgan fingerprint density at radius 2 is 1.16 bits per heavy atom. The first-order valence-electron chi connectivity index (χ1n) is 26.2. The number of amides is 3. The Morgan fingerprint density at radius 1 is 0.792 bits per heavy atom. The van der Waals surface area contributed by atoms with Crippen LogP contribution in [0.2, 0.25) is 0 Å². The van der Waals surface area contributed by atoms with Crippen LogP contribution in [0, 0.1) is 23.2 Å². The monoisotopic (exact) mass is 1170 g/mol. The fourth-order valence-corrected chi connectivity index (χ4v) is 2.92. The van der Waals surface area contributed by atoms with Crippen molar-refractivity contribution in [3.8, 4) is 0 Å². The number of likely N-dealkylation sites (N-methyl/N-ethyl adjacent to an activating group) is 1. The van der Waals surface area contributed by atoms with E-state index >= 15 is 0 Å². The molecule has 0 unspecified atom stereocenters. The summed E-state index contributed by atoms with van der Waals surface area (Å²) in [5.74, 6) is 3.66. The number of ketones is 1. The number of ether oxygens (including phenoxy) is 7. The molecular weight excluding hydrogens is 1050 g/mol. The number of esters is 1. The van der Waals surface area contributed by atoms with Crippen LogP contribution >= 0.6 is 35.3 Å². The third-order valence-electron chi connectivity index (χ3n) is 8.40.